The Balaban J connectivity index is 1.80. The molecular formula is C18H15FN2OS. The highest BCUT2D eigenvalue weighted by molar-refractivity contribution is 7.13. The number of aryl methyl sites for hydroxylation is 1. The van der Waals surface area contributed by atoms with Crippen LogP contribution in [0.15, 0.2) is 53.9 Å². The van der Waals surface area contributed by atoms with Crippen molar-refractivity contribution in [2.75, 3.05) is 5.32 Å². The topological polar surface area (TPSA) is 42.0 Å². The highest BCUT2D eigenvalue weighted by Gasteiger charge is 2.13. The number of aromatic nitrogens is 1. The third-order valence-corrected chi connectivity index (χ3v) is 4.37. The van der Waals surface area contributed by atoms with Gasteiger partial charge in [0.2, 0.25) is 0 Å². The van der Waals surface area contributed by atoms with Gasteiger partial charge in [-0.25, -0.2) is 9.37 Å². The number of carbonyl (C=O) groups is 1. The molecule has 0 radical (unpaired) electrons. The number of nitrogens with one attached hydrogen (secondary N) is 1. The van der Waals surface area contributed by atoms with E-state index in [-0.39, 0.29) is 11.7 Å². The van der Waals surface area contributed by atoms with Gasteiger partial charge in [-0.2, -0.15) is 0 Å². The second-order valence-electron chi connectivity index (χ2n) is 5.01. The third-order valence-electron chi connectivity index (χ3n) is 3.47. The van der Waals surface area contributed by atoms with Gasteiger partial charge in [0.1, 0.15) is 16.5 Å². The summed E-state index contributed by atoms with van der Waals surface area (Å²) < 4.78 is 13.0. The predicted molar refractivity (Wildman–Crippen MR) is 91.3 cm³/mol. The maximum Gasteiger partial charge on any atom is 0.275 e. The fourth-order valence-electron chi connectivity index (χ4n) is 2.24. The van der Waals surface area contributed by atoms with Crippen LogP contribution in [0.4, 0.5) is 10.1 Å². The highest BCUT2D eigenvalue weighted by atomic mass is 32.1. The van der Waals surface area contributed by atoms with Gasteiger partial charge < -0.3 is 5.32 Å². The normalized spacial score (nSPS) is 10.5. The lowest BCUT2D eigenvalue weighted by Crippen LogP contribution is -2.13. The van der Waals surface area contributed by atoms with Crippen LogP contribution in [0.2, 0.25) is 0 Å². The molecule has 23 heavy (non-hydrogen) atoms. The SMILES string of the molecule is CCc1ccccc1NC(=O)c1csc(-c2ccc(F)cc2)n1. The zero-order valence-corrected chi connectivity index (χ0v) is 13.4. The Morgan fingerprint density at radius 1 is 1.17 bits per heavy atom. The van der Waals surface area contributed by atoms with Crippen molar-refractivity contribution in [2.45, 2.75) is 13.3 Å². The summed E-state index contributed by atoms with van der Waals surface area (Å²) in [5.74, 6) is -0.532. The molecule has 1 amide bonds. The molecule has 0 aliphatic carbocycles. The number of para-hydroxylation sites is 1. The summed E-state index contributed by atoms with van der Waals surface area (Å²) in [6, 6.07) is 13.8. The monoisotopic (exact) mass is 326 g/mol. The van der Waals surface area contributed by atoms with E-state index in [1.165, 1.54) is 23.5 Å². The van der Waals surface area contributed by atoms with Crippen molar-refractivity contribution in [2.24, 2.45) is 0 Å². The number of thiazole rings is 1. The maximum absolute atomic E-state index is 13.0. The molecule has 0 saturated heterocycles. The molecule has 2 aromatic carbocycles. The Kier molecular flexibility index (Phi) is 4.48. The van der Waals surface area contributed by atoms with Crippen molar-refractivity contribution >= 4 is 22.9 Å². The fraction of sp³-hybridized carbons (Fsp3) is 0.111. The smallest absolute Gasteiger partial charge is 0.275 e. The molecule has 5 heteroatoms. The molecule has 0 saturated carbocycles. The quantitative estimate of drug-likeness (QED) is 0.751. The average Bonchev–Trinajstić information content (AvgIpc) is 3.06. The molecule has 0 fully saturated rings. The minimum Gasteiger partial charge on any atom is -0.320 e. The third kappa shape index (κ3) is 3.46. The Morgan fingerprint density at radius 2 is 1.91 bits per heavy atom. The standard InChI is InChI=1S/C18H15FN2OS/c1-2-12-5-3-4-6-15(12)20-17(22)16-11-23-18(21-16)13-7-9-14(19)10-8-13/h3-11H,2H2,1H3,(H,20,22). The van der Waals surface area contributed by atoms with E-state index in [0.717, 1.165) is 23.2 Å². The van der Waals surface area contributed by atoms with Gasteiger partial charge in [0, 0.05) is 16.6 Å². The van der Waals surface area contributed by atoms with Crippen LogP contribution in [-0.2, 0) is 6.42 Å². The van der Waals surface area contributed by atoms with Crippen LogP contribution >= 0.6 is 11.3 Å². The lowest BCUT2D eigenvalue weighted by atomic mass is 10.1. The molecule has 3 aromatic rings. The lowest BCUT2D eigenvalue weighted by Gasteiger charge is -2.08. The molecule has 3 nitrogen and oxygen atoms in total. The number of hydrogen-bond acceptors (Lipinski definition) is 3. The first kappa shape index (κ1) is 15.4. The highest BCUT2D eigenvalue weighted by Crippen LogP contribution is 2.24. The lowest BCUT2D eigenvalue weighted by molar-refractivity contribution is 0.102. The molecular weight excluding hydrogens is 311 g/mol. The van der Waals surface area contributed by atoms with Crippen LogP contribution in [-0.4, -0.2) is 10.9 Å². The van der Waals surface area contributed by atoms with Crippen molar-refractivity contribution in [3.05, 3.63) is 71.0 Å². The van der Waals surface area contributed by atoms with E-state index in [4.69, 9.17) is 0 Å². The first-order valence-corrected chi connectivity index (χ1v) is 8.16. The molecule has 0 unspecified atom stereocenters. The molecule has 116 valence electrons. The molecule has 0 bridgehead atoms. The summed E-state index contributed by atoms with van der Waals surface area (Å²) in [7, 11) is 0. The van der Waals surface area contributed by atoms with Crippen LogP contribution in [0.3, 0.4) is 0 Å². The van der Waals surface area contributed by atoms with Crippen LogP contribution in [0.1, 0.15) is 23.0 Å². The van der Waals surface area contributed by atoms with Gasteiger partial charge >= 0.3 is 0 Å². The number of nitrogens with zero attached hydrogens (tertiary/aromatic N) is 1. The van der Waals surface area contributed by atoms with Gasteiger partial charge in [-0.05, 0) is 42.3 Å². The van der Waals surface area contributed by atoms with E-state index in [2.05, 4.69) is 10.3 Å². The van der Waals surface area contributed by atoms with E-state index in [9.17, 15) is 9.18 Å². The Morgan fingerprint density at radius 3 is 2.65 bits per heavy atom. The first-order valence-electron chi connectivity index (χ1n) is 7.28. The maximum atomic E-state index is 13.0. The first-order chi connectivity index (χ1) is 11.2. The van der Waals surface area contributed by atoms with Gasteiger partial charge in [-0.15, -0.1) is 11.3 Å². The van der Waals surface area contributed by atoms with Crippen LogP contribution in [0, 0.1) is 5.82 Å². The number of halogens is 1. The second-order valence-corrected chi connectivity index (χ2v) is 5.87. The summed E-state index contributed by atoms with van der Waals surface area (Å²) in [5, 5.41) is 5.30. The number of anilines is 1. The number of rotatable bonds is 4. The van der Waals surface area contributed by atoms with E-state index in [0.29, 0.717) is 10.7 Å². The fourth-order valence-corrected chi connectivity index (χ4v) is 3.05. The van der Waals surface area contributed by atoms with Gasteiger partial charge in [0.25, 0.3) is 5.91 Å². The number of hydrogen-bond donors (Lipinski definition) is 1. The summed E-state index contributed by atoms with van der Waals surface area (Å²) in [4.78, 5) is 16.7. The molecule has 0 aliphatic heterocycles. The van der Waals surface area contributed by atoms with Gasteiger partial charge in [-0.1, -0.05) is 25.1 Å². The van der Waals surface area contributed by atoms with Crippen molar-refractivity contribution in [1.82, 2.24) is 4.98 Å². The predicted octanol–water partition coefficient (Wildman–Crippen LogP) is 4.76. The van der Waals surface area contributed by atoms with Gasteiger partial charge in [0.05, 0.1) is 0 Å². The largest absolute Gasteiger partial charge is 0.320 e. The minimum absolute atomic E-state index is 0.240. The van der Waals surface area contributed by atoms with E-state index in [1.807, 2.05) is 31.2 Å². The van der Waals surface area contributed by atoms with Crippen LogP contribution < -0.4 is 5.32 Å². The van der Waals surface area contributed by atoms with E-state index in [1.54, 1.807) is 17.5 Å². The summed E-state index contributed by atoms with van der Waals surface area (Å²) in [6.45, 7) is 2.04. The average molecular weight is 326 g/mol. The second kappa shape index (κ2) is 6.71. The number of amides is 1. The summed E-state index contributed by atoms with van der Waals surface area (Å²) >= 11 is 1.36. The molecule has 1 N–H and O–H groups in total. The van der Waals surface area contributed by atoms with Crippen molar-refractivity contribution < 1.29 is 9.18 Å². The molecule has 1 aromatic heterocycles. The van der Waals surface area contributed by atoms with Crippen molar-refractivity contribution in [3.8, 4) is 10.6 Å². The zero-order chi connectivity index (χ0) is 16.2. The number of carbonyl (C=O) groups excluding carboxylic acids is 1. The van der Waals surface area contributed by atoms with Crippen molar-refractivity contribution in [3.63, 3.8) is 0 Å². The van der Waals surface area contributed by atoms with Crippen LogP contribution in [0.5, 0.6) is 0 Å². The molecule has 0 aliphatic rings. The number of benzene rings is 2. The van der Waals surface area contributed by atoms with Gasteiger partial charge in [0.15, 0.2) is 0 Å². The molecule has 3 rings (SSSR count). The molecule has 0 atom stereocenters. The molecule has 0 spiro atoms. The summed E-state index contributed by atoms with van der Waals surface area (Å²) in [6.07, 6.45) is 0.842. The summed E-state index contributed by atoms with van der Waals surface area (Å²) in [5.41, 5.74) is 3.04. The van der Waals surface area contributed by atoms with Crippen LogP contribution in [0.25, 0.3) is 10.6 Å². The zero-order valence-electron chi connectivity index (χ0n) is 12.5. The van der Waals surface area contributed by atoms with Gasteiger partial charge in [-0.3, -0.25) is 4.79 Å². The minimum atomic E-state index is -0.292. The van der Waals surface area contributed by atoms with E-state index >= 15 is 0 Å². The Hall–Kier alpha value is -2.53. The molecule has 1 heterocycles. The Labute approximate surface area is 137 Å². The van der Waals surface area contributed by atoms with Crippen molar-refractivity contribution in [1.29, 1.82) is 0 Å². The Bertz CT molecular complexity index is 827. The van der Waals surface area contributed by atoms with E-state index < -0.39 is 0 Å².